The topological polar surface area (TPSA) is 44.8 Å². The van der Waals surface area contributed by atoms with Gasteiger partial charge in [0.05, 0.1) is 21.3 Å². The first-order valence-electron chi connectivity index (χ1n) is 7.88. The first kappa shape index (κ1) is 18.9. The molecule has 0 heterocycles. The summed E-state index contributed by atoms with van der Waals surface area (Å²) in [6.07, 6.45) is 3.25. The van der Waals surface area contributed by atoms with Crippen LogP contribution in [-0.2, 0) is 0 Å². The summed E-state index contributed by atoms with van der Waals surface area (Å²) in [5, 5.41) is 0. The Bertz CT molecular complexity index is 751. The Morgan fingerprint density at radius 1 is 0.960 bits per heavy atom. The van der Waals surface area contributed by atoms with E-state index in [4.69, 9.17) is 14.2 Å². The van der Waals surface area contributed by atoms with E-state index in [2.05, 4.69) is 6.92 Å². The number of ketones is 1. The van der Waals surface area contributed by atoms with Crippen molar-refractivity contribution < 1.29 is 19.0 Å². The molecule has 25 heavy (non-hydrogen) atoms. The van der Waals surface area contributed by atoms with Crippen LogP contribution in [-0.4, -0.2) is 32.9 Å². The Labute approximate surface area is 152 Å². The van der Waals surface area contributed by atoms with Crippen molar-refractivity contribution in [2.45, 2.75) is 11.8 Å². The summed E-state index contributed by atoms with van der Waals surface area (Å²) in [6, 6.07) is 11.1. The lowest BCUT2D eigenvalue weighted by atomic mass is 10.1. The van der Waals surface area contributed by atoms with Gasteiger partial charge in [0.15, 0.2) is 17.3 Å². The fourth-order valence-electron chi connectivity index (χ4n) is 2.33. The van der Waals surface area contributed by atoms with Gasteiger partial charge in [-0.15, -0.1) is 11.8 Å². The maximum Gasteiger partial charge on any atom is 0.185 e. The van der Waals surface area contributed by atoms with Crippen molar-refractivity contribution in [1.29, 1.82) is 0 Å². The number of benzene rings is 2. The highest BCUT2D eigenvalue weighted by atomic mass is 32.2. The molecule has 0 saturated heterocycles. The van der Waals surface area contributed by atoms with E-state index >= 15 is 0 Å². The highest BCUT2D eigenvalue weighted by molar-refractivity contribution is 7.99. The SMILES string of the molecule is CCSc1ccc(C(=O)/C=C/c2cc(OC)c(OC)cc2OC)cc1. The van der Waals surface area contributed by atoms with E-state index in [1.807, 2.05) is 24.3 Å². The van der Waals surface area contributed by atoms with E-state index in [9.17, 15) is 4.79 Å². The van der Waals surface area contributed by atoms with E-state index in [0.29, 0.717) is 22.8 Å². The Balaban J connectivity index is 2.23. The van der Waals surface area contributed by atoms with E-state index in [-0.39, 0.29) is 5.78 Å². The number of hydrogen-bond acceptors (Lipinski definition) is 5. The van der Waals surface area contributed by atoms with Gasteiger partial charge in [0.25, 0.3) is 0 Å². The van der Waals surface area contributed by atoms with Gasteiger partial charge in [-0.1, -0.05) is 6.92 Å². The van der Waals surface area contributed by atoms with Crippen LogP contribution in [0.5, 0.6) is 17.2 Å². The number of rotatable bonds is 8. The molecule has 0 radical (unpaired) electrons. The average Bonchev–Trinajstić information content (AvgIpc) is 2.66. The second-order valence-electron chi connectivity index (χ2n) is 5.10. The zero-order valence-corrected chi connectivity index (χ0v) is 15.7. The lowest BCUT2D eigenvalue weighted by Crippen LogP contribution is -1.96. The maximum atomic E-state index is 12.4. The number of ether oxygens (including phenoxy) is 3. The van der Waals surface area contributed by atoms with Crippen LogP contribution < -0.4 is 14.2 Å². The molecule has 0 spiro atoms. The van der Waals surface area contributed by atoms with Crippen molar-refractivity contribution in [2.24, 2.45) is 0 Å². The minimum atomic E-state index is -0.0649. The first-order chi connectivity index (χ1) is 12.1. The van der Waals surface area contributed by atoms with Gasteiger partial charge in [-0.3, -0.25) is 4.79 Å². The minimum Gasteiger partial charge on any atom is -0.496 e. The van der Waals surface area contributed by atoms with Crippen LogP contribution in [0.25, 0.3) is 6.08 Å². The number of carbonyl (C=O) groups is 1. The molecule has 2 aromatic carbocycles. The van der Waals surface area contributed by atoms with Crippen molar-refractivity contribution in [1.82, 2.24) is 0 Å². The quantitative estimate of drug-likeness (QED) is 0.388. The van der Waals surface area contributed by atoms with E-state index < -0.39 is 0 Å². The van der Waals surface area contributed by atoms with E-state index in [1.54, 1.807) is 51.3 Å². The van der Waals surface area contributed by atoms with Crippen molar-refractivity contribution in [2.75, 3.05) is 27.1 Å². The van der Waals surface area contributed by atoms with Gasteiger partial charge in [0.2, 0.25) is 0 Å². The third kappa shape index (κ3) is 4.79. The van der Waals surface area contributed by atoms with Crippen molar-refractivity contribution in [3.05, 3.63) is 53.6 Å². The molecule has 0 aromatic heterocycles. The summed E-state index contributed by atoms with van der Waals surface area (Å²) in [5.74, 6) is 2.70. The summed E-state index contributed by atoms with van der Waals surface area (Å²) >= 11 is 1.75. The van der Waals surface area contributed by atoms with Gasteiger partial charge in [-0.05, 0) is 48.2 Å². The molecule has 2 aromatic rings. The molecule has 5 heteroatoms. The fraction of sp³-hybridized carbons (Fsp3) is 0.250. The zero-order valence-electron chi connectivity index (χ0n) is 14.9. The maximum absolute atomic E-state index is 12.4. The summed E-state index contributed by atoms with van der Waals surface area (Å²) in [6.45, 7) is 2.10. The standard InChI is InChI=1S/C20H22O4S/c1-5-25-16-9-6-14(7-10-16)17(21)11-8-15-12-19(23-3)20(24-4)13-18(15)22-2/h6-13H,5H2,1-4H3/b11-8+. The van der Waals surface area contributed by atoms with E-state index in [1.165, 1.54) is 6.08 Å². The molecule has 0 N–H and O–H groups in total. The summed E-state index contributed by atoms with van der Waals surface area (Å²) < 4.78 is 15.9. The van der Waals surface area contributed by atoms with Crippen LogP contribution in [0.15, 0.2) is 47.4 Å². The molecule has 0 saturated carbocycles. The van der Waals surface area contributed by atoms with Gasteiger partial charge >= 0.3 is 0 Å². The van der Waals surface area contributed by atoms with Crippen molar-refractivity contribution in [3.63, 3.8) is 0 Å². The van der Waals surface area contributed by atoms with Gasteiger partial charge in [-0.25, -0.2) is 0 Å². The monoisotopic (exact) mass is 358 g/mol. The largest absolute Gasteiger partial charge is 0.496 e. The number of methoxy groups -OCH3 is 3. The van der Waals surface area contributed by atoms with E-state index in [0.717, 1.165) is 16.2 Å². The minimum absolute atomic E-state index is 0.0649. The number of allylic oxidation sites excluding steroid dienone is 1. The number of thioether (sulfide) groups is 1. The highest BCUT2D eigenvalue weighted by Gasteiger charge is 2.10. The predicted octanol–water partition coefficient (Wildman–Crippen LogP) is 4.72. The Morgan fingerprint density at radius 3 is 2.12 bits per heavy atom. The van der Waals surface area contributed by atoms with Crippen molar-refractivity contribution >= 4 is 23.6 Å². The Kier molecular flexibility index (Phi) is 6.95. The van der Waals surface area contributed by atoms with Gasteiger partial charge < -0.3 is 14.2 Å². The molecule has 0 fully saturated rings. The molecule has 0 amide bonds. The fourth-order valence-corrected chi connectivity index (χ4v) is 2.99. The molecule has 0 unspecified atom stereocenters. The second-order valence-corrected chi connectivity index (χ2v) is 6.44. The van der Waals surface area contributed by atoms with Gasteiger partial charge in [0, 0.05) is 22.1 Å². The molecule has 2 rings (SSSR count). The first-order valence-corrected chi connectivity index (χ1v) is 8.86. The van der Waals surface area contributed by atoms with Gasteiger partial charge in [-0.2, -0.15) is 0 Å². The molecule has 0 aliphatic rings. The number of carbonyl (C=O) groups excluding carboxylic acids is 1. The molecule has 4 nitrogen and oxygen atoms in total. The van der Waals surface area contributed by atoms with Crippen LogP contribution in [0.2, 0.25) is 0 Å². The second kappa shape index (κ2) is 9.18. The molecule has 0 aliphatic carbocycles. The third-order valence-corrected chi connectivity index (χ3v) is 4.49. The molecule has 0 bridgehead atoms. The Hall–Kier alpha value is -2.40. The number of hydrogen-bond donors (Lipinski definition) is 0. The lowest BCUT2D eigenvalue weighted by molar-refractivity contribution is 0.104. The lowest BCUT2D eigenvalue weighted by Gasteiger charge is -2.12. The molecule has 0 atom stereocenters. The smallest absolute Gasteiger partial charge is 0.185 e. The normalized spacial score (nSPS) is 10.7. The molecule has 132 valence electrons. The summed E-state index contributed by atoms with van der Waals surface area (Å²) in [7, 11) is 4.71. The van der Waals surface area contributed by atoms with Crippen LogP contribution in [0.3, 0.4) is 0 Å². The molecular weight excluding hydrogens is 336 g/mol. The van der Waals surface area contributed by atoms with Crippen LogP contribution in [0.4, 0.5) is 0 Å². The summed E-state index contributed by atoms with van der Waals surface area (Å²) in [5.41, 5.74) is 1.39. The van der Waals surface area contributed by atoms with Crippen LogP contribution >= 0.6 is 11.8 Å². The summed E-state index contributed by atoms with van der Waals surface area (Å²) in [4.78, 5) is 13.5. The molecule has 0 aliphatic heterocycles. The average molecular weight is 358 g/mol. The third-order valence-electron chi connectivity index (χ3n) is 3.60. The highest BCUT2D eigenvalue weighted by Crippen LogP contribution is 2.35. The van der Waals surface area contributed by atoms with Gasteiger partial charge in [0.1, 0.15) is 5.75 Å². The van der Waals surface area contributed by atoms with Crippen molar-refractivity contribution in [3.8, 4) is 17.2 Å². The Morgan fingerprint density at radius 2 is 1.56 bits per heavy atom. The zero-order chi connectivity index (χ0) is 18.2. The molecular formula is C20H22O4S. The van der Waals surface area contributed by atoms with Crippen LogP contribution in [0.1, 0.15) is 22.8 Å². The predicted molar refractivity (Wildman–Crippen MR) is 102 cm³/mol. The van der Waals surface area contributed by atoms with Crippen LogP contribution in [0, 0.1) is 0 Å².